The van der Waals surface area contributed by atoms with Crippen LogP contribution in [-0.2, 0) is 22.6 Å². The molecule has 0 aliphatic carbocycles. The summed E-state index contributed by atoms with van der Waals surface area (Å²) >= 11 is 0. The molecule has 2 heterocycles. The Hall–Kier alpha value is -4.92. The molecule has 4 amide bonds. The van der Waals surface area contributed by atoms with Crippen molar-refractivity contribution in [3.63, 3.8) is 0 Å². The molecule has 186 valence electrons. The number of carbonyl (C=O) groups is 3. The maximum absolute atomic E-state index is 14.0. The molecule has 8 nitrogen and oxygen atoms in total. The molecule has 0 radical (unpaired) electrons. The highest BCUT2D eigenvalue weighted by molar-refractivity contribution is 6.39. The van der Waals surface area contributed by atoms with Gasteiger partial charge in [-0.05, 0) is 54.0 Å². The van der Waals surface area contributed by atoms with Crippen molar-refractivity contribution in [2.24, 2.45) is 0 Å². The molecule has 1 fully saturated rings. The van der Waals surface area contributed by atoms with Crippen molar-refractivity contribution in [1.29, 1.82) is 0 Å². The van der Waals surface area contributed by atoms with Gasteiger partial charge in [-0.2, -0.15) is 0 Å². The summed E-state index contributed by atoms with van der Waals surface area (Å²) in [6.45, 7) is 3.83. The number of hydrogen-bond donors (Lipinski definition) is 1. The van der Waals surface area contributed by atoms with Crippen molar-refractivity contribution in [2.45, 2.75) is 13.0 Å². The molecule has 3 aromatic rings. The SMILES string of the molecule is C=CCc1cc(/C=C2\C(=O)NC(=O)N(c3ccc4c(c3)OCO4)C2=O)ccc1OCc1ccccc1F. The molecule has 37 heavy (non-hydrogen) atoms. The topological polar surface area (TPSA) is 94.2 Å². The Balaban J connectivity index is 1.42. The number of carbonyl (C=O) groups excluding carboxylic acids is 3. The average molecular weight is 500 g/mol. The van der Waals surface area contributed by atoms with Gasteiger partial charge in [-0.15, -0.1) is 6.58 Å². The lowest BCUT2D eigenvalue weighted by atomic mass is 10.0. The van der Waals surface area contributed by atoms with Crippen molar-refractivity contribution in [1.82, 2.24) is 5.32 Å². The molecule has 3 aromatic carbocycles. The zero-order valence-electron chi connectivity index (χ0n) is 19.5. The van der Waals surface area contributed by atoms with E-state index in [1.165, 1.54) is 24.3 Å². The standard InChI is InChI=1S/C28H21FN2O6/c1-2-5-18-12-17(8-10-23(18)35-15-19-6-3-4-7-22(19)29)13-21-26(32)30-28(34)31(27(21)33)20-9-11-24-25(14-20)37-16-36-24/h2-4,6-14H,1,5,15-16H2,(H,30,32,34)/b21-13+. The van der Waals surface area contributed by atoms with Crippen molar-refractivity contribution in [3.05, 3.63) is 101 Å². The van der Waals surface area contributed by atoms with Crippen LogP contribution in [0.3, 0.4) is 0 Å². The first-order chi connectivity index (χ1) is 17.9. The predicted octanol–water partition coefficient (Wildman–Crippen LogP) is 4.53. The van der Waals surface area contributed by atoms with Gasteiger partial charge in [0, 0.05) is 11.6 Å². The highest BCUT2D eigenvalue weighted by atomic mass is 19.1. The summed E-state index contributed by atoms with van der Waals surface area (Å²) in [7, 11) is 0. The minimum absolute atomic E-state index is 0.0325. The van der Waals surface area contributed by atoms with E-state index < -0.39 is 17.8 Å². The second kappa shape index (κ2) is 9.98. The van der Waals surface area contributed by atoms with E-state index >= 15 is 0 Å². The molecule has 2 aliphatic rings. The molecule has 1 N–H and O–H groups in total. The number of nitrogens with one attached hydrogen (secondary N) is 1. The quantitative estimate of drug-likeness (QED) is 0.291. The van der Waals surface area contributed by atoms with Crippen LogP contribution in [0.5, 0.6) is 17.2 Å². The zero-order chi connectivity index (χ0) is 25.9. The number of allylic oxidation sites excluding steroid dienone is 1. The Kier molecular flexibility index (Phi) is 6.42. The average Bonchev–Trinajstić information content (AvgIpc) is 3.35. The monoisotopic (exact) mass is 500 g/mol. The van der Waals surface area contributed by atoms with E-state index in [1.54, 1.807) is 48.5 Å². The highest BCUT2D eigenvalue weighted by Crippen LogP contribution is 2.36. The first-order valence-electron chi connectivity index (χ1n) is 11.4. The van der Waals surface area contributed by atoms with Gasteiger partial charge in [-0.3, -0.25) is 14.9 Å². The molecule has 0 atom stereocenters. The fourth-order valence-corrected chi connectivity index (χ4v) is 4.00. The number of nitrogens with zero attached hydrogens (tertiary/aromatic N) is 1. The third kappa shape index (κ3) is 4.79. The number of imide groups is 2. The zero-order valence-corrected chi connectivity index (χ0v) is 19.5. The lowest BCUT2D eigenvalue weighted by Crippen LogP contribution is -2.54. The number of amides is 4. The fourth-order valence-electron chi connectivity index (χ4n) is 4.00. The molecule has 0 aromatic heterocycles. The minimum atomic E-state index is -0.866. The highest BCUT2D eigenvalue weighted by Gasteiger charge is 2.37. The van der Waals surface area contributed by atoms with Gasteiger partial charge in [0.2, 0.25) is 6.79 Å². The number of barbiturate groups is 1. The lowest BCUT2D eigenvalue weighted by Gasteiger charge is -2.26. The summed E-state index contributed by atoms with van der Waals surface area (Å²) in [6, 6.07) is 15.2. The van der Waals surface area contributed by atoms with Gasteiger partial charge in [0.25, 0.3) is 11.8 Å². The Morgan fingerprint density at radius 1 is 1.00 bits per heavy atom. The lowest BCUT2D eigenvalue weighted by molar-refractivity contribution is -0.122. The predicted molar refractivity (Wildman–Crippen MR) is 133 cm³/mol. The van der Waals surface area contributed by atoms with Crippen molar-refractivity contribution in [2.75, 3.05) is 11.7 Å². The van der Waals surface area contributed by atoms with Crippen LogP contribution < -0.4 is 24.4 Å². The second-order valence-corrected chi connectivity index (χ2v) is 8.24. The summed E-state index contributed by atoms with van der Waals surface area (Å²) < 4.78 is 30.4. The van der Waals surface area contributed by atoms with Crippen LogP contribution in [0.2, 0.25) is 0 Å². The largest absolute Gasteiger partial charge is 0.489 e. The van der Waals surface area contributed by atoms with E-state index in [4.69, 9.17) is 14.2 Å². The summed E-state index contributed by atoms with van der Waals surface area (Å²) in [4.78, 5) is 39.2. The molecule has 9 heteroatoms. The molecule has 2 aliphatic heterocycles. The normalized spacial score (nSPS) is 15.6. The minimum Gasteiger partial charge on any atom is -0.489 e. The maximum atomic E-state index is 14.0. The van der Waals surface area contributed by atoms with Gasteiger partial charge in [0.1, 0.15) is 23.7 Å². The number of rotatable bonds is 7. The maximum Gasteiger partial charge on any atom is 0.335 e. The third-order valence-corrected chi connectivity index (χ3v) is 5.82. The first kappa shape index (κ1) is 23.8. The molecule has 0 spiro atoms. The molecule has 0 bridgehead atoms. The Morgan fingerprint density at radius 2 is 1.81 bits per heavy atom. The van der Waals surface area contributed by atoms with Crippen LogP contribution in [0.4, 0.5) is 14.9 Å². The number of fused-ring (bicyclic) bond motifs is 1. The van der Waals surface area contributed by atoms with Gasteiger partial charge in [-0.25, -0.2) is 14.1 Å². The number of urea groups is 1. The van der Waals surface area contributed by atoms with E-state index in [1.807, 2.05) is 0 Å². The van der Waals surface area contributed by atoms with Crippen LogP contribution in [-0.4, -0.2) is 24.6 Å². The summed E-state index contributed by atoms with van der Waals surface area (Å²) in [6.07, 6.45) is 3.52. The summed E-state index contributed by atoms with van der Waals surface area (Å²) in [5, 5.41) is 2.20. The van der Waals surface area contributed by atoms with Gasteiger partial charge >= 0.3 is 6.03 Å². The van der Waals surface area contributed by atoms with E-state index in [2.05, 4.69) is 11.9 Å². The summed E-state index contributed by atoms with van der Waals surface area (Å²) in [5.41, 5.74) is 1.69. The number of benzene rings is 3. The first-order valence-corrected chi connectivity index (χ1v) is 11.4. The number of anilines is 1. The van der Waals surface area contributed by atoms with Crippen LogP contribution in [0.1, 0.15) is 16.7 Å². The van der Waals surface area contributed by atoms with Gasteiger partial charge < -0.3 is 14.2 Å². The molecule has 0 saturated carbocycles. The van der Waals surface area contributed by atoms with Crippen LogP contribution in [0.15, 0.2) is 78.9 Å². The van der Waals surface area contributed by atoms with E-state index in [9.17, 15) is 18.8 Å². The fraction of sp³-hybridized carbons (Fsp3) is 0.107. The number of ether oxygens (including phenoxy) is 3. The van der Waals surface area contributed by atoms with E-state index in [-0.39, 0.29) is 30.5 Å². The van der Waals surface area contributed by atoms with Crippen molar-refractivity contribution < 1.29 is 33.0 Å². The second-order valence-electron chi connectivity index (χ2n) is 8.24. The summed E-state index contributed by atoms with van der Waals surface area (Å²) in [5.74, 6) is -0.553. The Morgan fingerprint density at radius 3 is 2.62 bits per heavy atom. The Bertz CT molecular complexity index is 1460. The van der Waals surface area contributed by atoms with E-state index in [0.29, 0.717) is 34.8 Å². The molecule has 0 unspecified atom stereocenters. The molecular formula is C28H21FN2O6. The Labute approximate surface area is 211 Å². The molecule has 1 saturated heterocycles. The number of halogens is 1. The van der Waals surface area contributed by atoms with E-state index in [0.717, 1.165) is 10.5 Å². The van der Waals surface area contributed by atoms with Gasteiger partial charge in [-0.1, -0.05) is 30.3 Å². The third-order valence-electron chi connectivity index (χ3n) is 5.82. The van der Waals surface area contributed by atoms with Gasteiger partial charge in [0.15, 0.2) is 11.5 Å². The molecular weight excluding hydrogens is 479 g/mol. The van der Waals surface area contributed by atoms with Crippen LogP contribution >= 0.6 is 0 Å². The molecule has 5 rings (SSSR count). The van der Waals surface area contributed by atoms with Crippen LogP contribution in [0, 0.1) is 5.82 Å². The van der Waals surface area contributed by atoms with Gasteiger partial charge in [0.05, 0.1) is 5.69 Å². The van der Waals surface area contributed by atoms with Crippen molar-refractivity contribution in [3.8, 4) is 17.2 Å². The number of hydrogen-bond acceptors (Lipinski definition) is 6. The van der Waals surface area contributed by atoms with Crippen molar-refractivity contribution >= 4 is 29.6 Å². The smallest absolute Gasteiger partial charge is 0.335 e. The van der Waals surface area contributed by atoms with Crippen LogP contribution in [0.25, 0.3) is 6.08 Å².